The van der Waals surface area contributed by atoms with E-state index in [1.807, 2.05) is 42.5 Å². The van der Waals surface area contributed by atoms with Crippen LogP contribution in [0.25, 0.3) is 0 Å². The van der Waals surface area contributed by atoms with Gasteiger partial charge in [0.1, 0.15) is 17.5 Å². The maximum absolute atomic E-state index is 12.2. The highest BCUT2D eigenvalue weighted by Gasteiger charge is 2.13. The van der Waals surface area contributed by atoms with E-state index in [1.54, 1.807) is 27.2 Å². The summed E-state index contributed by atoms with van der Waals surface area (Å²) in [7, 11) is 3.17. The SMILES string of the molecule is COc1cc(NC(C)C(=O)Nc2ccccc2)cc(OC)c1. The van der Waals surface area contributed by atoms with E-state index in [4.69, 9.17) is 9.47 Å². The van der Waals surface area contributed by atoms with Crippen molar-refractivity contribution < 1.29 is 14.3 Å². The first-order valence-electron chi connectivity index (χ1n) is 6.98. The Kier molecular flexibility index (Phi) is 5.25. The summed E-state index contributed by atoms with van der Waals surface area (Å²) in [6.45, 7) is 1.80. The van der Waals surface area contributed by atoms with Crippen LogP contribution in [-0.2, 0) is 4.79 Å². The number of para-hydroxylation sites is 1. The summed E-state index contributed by atoms with van der Waals surface area (Å²) >= 11 is 0. The molecule has 2 rings (SSSR count). The Hall–Kier alpha value is -2.69. The molecule has 0 spiro atoms. The quantitative estimate of drug-likeness (QED) is 0.860. The summed E-state index contributed by atoms with van der Waals surface area (Å²) in [5.41, 5.74) is 1.52. The van der Waals surface area contributed by atoms with Gasteiger partial charge in [0.05, 0.1) is 14.2 Å². The third-order valence-electron chi connectivity index (χ3n) is 3.17. The minimum absolute atomic E-state index is 0.118. The van der Waals surface area contributed by atoms with Crippen LogP contribution in [-0.4, -0.2) is 26.2 Å². The summed E-state index contributed by atoms with van der Waals surface area (Å²) in [5.74, 6) is 1.21. The standard InChI is InChI=1S/C17H20N2O3/c1-12(17(20)19-13-7-5-4-6-8-13)18-14-9-15(21-2)11-16(10-14)22-3/h4-12,18H,1-3H3,(H,19,20). The molecule has 0 aliphatic heterocycles. The van der Waals surface area contributed by atoms with Gasteiger partial charge >= 0.3 is 0 Å². The van der Waals surface area contributed by atoms with Crippen molar-refractivity contribution in [2.75, 3.05) is 24.9 Å². The van der Waals surface area contributed by atoms with E-state index in [0.717, 1.165) is 11.4 Å². The van der Waals surface area contributed by atoms with Gasteiger partial charge in [-0.2, -0.15) is 0 Å². The number of methoxy groups -OCH3 is 2. The van der Waals surface area contributed by atoms with Gasteiger partial charge in [-0.25, -0.2) is 0 Å². The molecular weight excluding hydrogens is 280 g/mol. The Balaban J connectivity index is 2.04. The lowest BCUT2D eigenvalue weighted by molar-refractivity contribution is -0.116. The molecule has 5 heteroatoms. The molecule has 0 radical (unpaired) electrons. The Morgan fingerprint density at radius 3 is 2.09 bits per heavy atom. The van der Waals surface area contributed by atoms with Gasteiger partial charge in [-0.1, -0.05) is 18.2 Å². The van der Waals surface area contributed by atoms with E-state index >= 15 is 0 Å². The molecule has 0 saturated heterocycles. The van der Waals surface area contributed by atoms with Crippen LogP contribution in [0.4, 0.5) is 11.4 Å². The normalized spacial score (nSPS) is 11.4. The van der Waals surface area contributed by atoms with Crippen molar-refractivity contribution in [2.24, 2.45) is 0 Å². The second kappa shape index (κ2) is 7.36. The second-order valence-corrected chi connectivity index (χ2v) is 4.82. The molecule has 1 amide bonds. The number of hydrogen-bond acceptors (Lipinski definition) is 4. The molecule has 0 heterocycles. The van der Waals surface area contributed by atoms with Crippen LogP contribution in [0.1, 0.15) is 6.92 Å². The van der Waals surface area contributed by atoms with Crippen molar-refractivity contribution in [1.82, 2.24) is 0 Å². The molecule has 0 aliphatic carbocycles. The van der Waals surface area contributed by atoms with Gasteiger partial charge in [-0.3, -0.25) is 4.79 Å². The van der Waals surface area contributed by atoms with Crippen LogP contribution in [0.2, 0.25) is 0 Å². The lowest BCUT2D eigenvalue weighted by Crippen LogP contribution is -2.31. The average molecular weight is 300 g/mol. The zero-order chi connectivity index (χ0) is 15.9. The first-order chi connectivity index (χ1) is 10.6. The van der Waals surface area contributed by atoms with Gasteiger partial charge in [0.25, 0.3) is 0 Å². The molecule has 0 saturated carbocycles. The predicted molar refractivity (Wildman–Crippen MR) is 87.7 cm³/mol. The highest BCUT2D eigenvalue weighted by atomic mass is 16.5. The fourth-order valence-electron chi connectivity index (χ4n) is 1.98. The molecule has 2 aromatic rings. The highest BCUT2D eigenvalue weighted by Crippen LogP contribution is 2.26. The number of ether oxygens (including phenoxy) is 2. The molecule has 0 bridgehead atoms. The number of nitrogens with one attached hydrogen (secondary N) is 2. The second-order valence-electron chi connectivity index (χ2n) is 4.82. The number of carbonyl (C=O) groups is 1. The molecule has 5 nitrogen and oxygen atoms in total. The number of rotatable bonds is 6. The summed E-state index contributed by atoms with van der Waals surface area (Å²) in [6.07, 6.45) is 0. The highest BCUT2D eigenvalue weighted by molar-refractivity contribution is 5.96. The molecule has 1 atom stereocenters. The maximum Gasteiger partial charge on any atom is 0.246 e. The van der Waals surface area contributed by atoms with E-state index in [2.05, 4.69) is 10.6 Å². The molecule has 2 aromatic carbocycles. The molecule has 2 N–H and O–H groups in total. The van der Waals surface area contributed by atoms with Crippen LogP contribution in [0.15, 0.2) is 48.5 Å². The predicted octanol–water partition coefficient (Wildman–Crippen LogP) is 3.14. The fourth-order valence-corrected chi connectivity index (χ4v) is 1.98. The summed E-state index contributed by atoms with van der Waals surface area (Å²) in [5, 5.41) is 5.99. The molecular formula is C17H20N2O3. The molecule has 0 aromatic heterocycles. The Bertz CT molecular complexity index is 607. The summed E-state index contributed by atoms with van der Waals surface area (Å²) in [6, 6.07) is 14.3. The van der Waals surface area contributed by atoms with Crippen LogP contribution >= 0.6 is 0 Å². The van der Waals surface area contributed by atoms with Gasteiger partial charge in [-0.15, -0.1) is 0 Å². The van der Waals surface area contributed by atoms with E-state index in [0.29, 0.717) is 11.5 Å². The van der Waals surface area contributed by atoms with Crippen molar-refractivity contribution in [1.29, 1.82) is 0 Å². The van der Waals surface area contributed by atoms with Gasteiger partial charge in [0, 0.05) is 29.6 Å². The fraction of sp³-hybridized carbons (Fsp3) is 0.235. The van der Waals surface area contributed by atoms with Gasteiger partial charge in [0.15, 0.2) is 0 Å². The van der Waals surface area contributed by atoms with Crippen molar-refractivity contribution in [2.45, 2.75) is 13.0 Å². The number of hydrogen-bond donors (Lipinski definition) is 2. The van der Waals surface area contributed by atoms with Crippen molar-refractivity contribution in [3.8, 4) is 11.5 Å². The average Bonchev–Trinajstić information content (AvgIpc) is 2.55. The first kappa shape index (κ1) is 15.7. The summed E-state index contributed by atoms with van der Waals surface area (Å²) < 4.78 is 10.4. The molecule has 0 aliphatic rings. The van der Waals surface area contributed by atoms with Gasteiger partial charge in [0.2, 0.25) is 5.91 Å². The molecule has 22 heavy (non-hydrogen) atoms. The summed E-state index contributed by atoms with van der Waals surface area (Å²) in [4.78, 5) is 12.2. The smallest absolute Gasteiger partial charge is 0.246 e. The maximum atomic E-state index is 12.2. The minimum atomic E-state index is -0.406. The van der Waals surface area contributed by atoms with E-state index in [1.165, 1.54) is 0 Å². The number of amides is 1. The zero-order valence-electron chi connectivity index (χ0n) is 12.9. The van der Waals surface area contributed by atoms with Crippen LogP contribution < -0.4 is 20.1 Å². The van der Waals surface area contributed by atoms with E-state index in [9.17, 15) is 4.79 Å². The Morgan fingerprint density at radius 2 is 1.55 bits per heavy atom. The first-order valence-corrected chi connectivity index (χ1v) is 6.98. The van der Waals surface area contributed by atoms with Crippen LogP contribution in [0.3, 0.4) is 0 Å². The molecule has 0 fully saturated rings. The van der Waals surface area contributed by atoms with Gasteiger partial charge in [-0.05, 0) is 19.1 Å². The van der Waals surface area contributed by atoms with Crippen molar-refractivity contribution in [3.63, 3.8) is 0 Å². The minimum Gasteiger partial charge on any atom is -0.497 e. The van der Waals surface area contributed by atoms with Crippen molar-refractivity contribution >= 4 is 17.3 Å². The van der Waals surface area contributed by atoms with Gasteiger partial charge < -0.3 is 20.1 Å². The lowest BCUT2D eigenvalue weighted by atomic mass is 10.2. The third-order valence-corrected chi connectivity index (χ3v) is 3.17. The van der Waals surface area contributed by atoms with Crippen molar-refractivity contribution in [3.05, 3.63) is 48.5 Å². The van der Waals surface area contributed by atoms with E-state index in [-0.39, 0.29) is 5.91 Å². The Labute approximate surface area is 130 Å². The number of benzene rings is 2. The molecule has 116 valence electrons. The van der Waals surface area contributed by atoms with Crippen LogP contribution in [0, 0.1) is 0 Å². The number of carbonyl (C=O) groups excluding carboxylic acids is 1. The lowest BCUT2D eigenvalue weighted by Gasteiger charge is -2.16. The topological polar surface area (TPSA) is 59.6 Å². The largest absolute Gasteiger partial charge is 0.497 e. The third kappa shape index (κ3) is 4.15. The van der Waals surface area contributed by atoms with E-state index < -0.39 is 6.04 Å². The Morgan fingerprint density at radius 1 is 0.955 bits per heavy atom. The van der Waals surface area contributed by atoms with Crippen LogP contribution in [0.5, 0.6) is 11.5 Å². The zero-order valence-corrected chi connectivity index (χ0v) is 12.9. The molecule has 1 unspecified atom stereocenters. The number of anilines is 2. The monoisotopic (exact) mass is 300 g/mol.